The van der Waals surface area contributed by atoms with Crippen LogP contribution in [0.2, 0.25) is 0 Å². The predicted molar refractivity (Wildman–Crippen MR) is 63.7 cm³/mol. The third-order valence-corrected chi connectivity index (χ3v) is 2.54. The van der Waals surface area contributed by atoms with E-state index in [1.807, 2.05) is 20.8 Å². The molecule has 1 amide bonds. The van der Waals surface area contributed by atoms with Crippen LogP contribution in [-0.4, -0.2) is 40.8 Å². The molecule has 1 aliphatic rings. The lowest BCUT2D eigenvalue weighted by Crippen LogP contribution is -2.39. The molecule has 0 aliphatic carbocycles. The largest absolute Gasteiger partial charge is 0.444 e. The molecule has 90 valence electrons. The van der Waals surface area contributed by atoms with Gasteiger partial charge >= 0.3 is 6.09 Å². The molecule has 1 aromatic heterocycles. The van der Waals surface area contributed by atoms with Gasteiger partial charge in [-0.05, 0) is 32.8 Å². The molecule has 2 rings (SSSR count). The summed E-state index contributed by atoms with van der Waals surface area (Å²) in [7, 11) is 5.55. The Bertz CT molecular complexity index is 436. The molecule has 1 aromatic rings. The number of carbonyl (C=O) groups is 1. The average Bonchev–Trinajstić information content (AvgIpc) is 2.53. The zero-order chi connectivity index (χ0) is 12.6. The Balaban J connectivity index is 2.05. The molecule has 1 aliphatic heterocycles. The molecule has 2 heterocycles. The van der Waals surface area contributed by atoms with Gasteiger partial charge in [-0.3, -0.25) is 0 Å². The van der Waals surface area contributed by atoms with Gasteiger partial charge < -0.3 is 14.2 Å². The Morgan fingerprint density at radius 2 is 2.24 bits per heavy atom. The van der Waals surface area contributed by atoms with Crippen LogP contribution >= 0.6 is 0 Å². The fraction of sp³-hybridized carbons (Fsp3) is 0.636. The van der Waals surface area contributed by atoms with Crippen molar-refractivity contribution < 1.29 is 9.53 Å². The van der Waals surface area contributed by atoms with E-state index in [1.54, 1.807) is 11.1 Å². The second-order valence-electron chi connectivity index (χ2n) is 5.23. The summed E-state index contributed by atoms with van der Waals surface area (Å²) in [6.45, 7) is 6.68. The molecular weight excluding hydrogens is 217 g/mol. The lowest BCUT2D eigenvalue weighted by atomic mass is 10.1. The molecule has 6 heteroatoms. The first-order valence-electron chi connectivity index (χ1n) is 5.65. The van der Waals surface area contributed by atoms with Gasteiger partial charge in [0.1, 0.15) is 5.60 Å². The maximum Gasteiger partial charge on any atom is 0.410 e. The quantitative estimate of drug-likeness (QED) is 0.630. The summed E-state index contributed by atoms with van der Waals surface area (Å²) >= 11 is 0. The number of carbonyl (C=O) groups excluding carboxylic acids is 1. The lowest BCUT2D eigenvalue weighted by molar-refractivity contribution is 0.0221. The van der Waals surface area contributed by atoms with Crippen LogP contribution in [0, 0.1) is 0 Å². The minimum absolute atomic E-state index is 0.297. The topological polar surface area (TPSA) is 47.4 Å². The number of amides is 1. The van der Waals surface area contributed by atoms with E-state index in [-0.39, 0.29) is 6.09 Å². The van der Waals surface area contributed by atoms with Gasteiger partial charge in [0.25, 0.3) is 7.98 Å². The maximum absolute atomic E-state index is 11.9. The van der Waals surface area contributed by atoms with E-state index in [0.29, 0.717) is 13.1 Å². The van der Waals surface area contributed by atoms with Crippen LogP contribution in [0.4, 0.5) is 4.79 Å². The molecule has 2 radical (unpaired) electrons. The number of nitrogens with zero attached hydrogens (tertiary/aromatic N) is 3. The molecule has 0 fully saturated rings. The fourth-order valence-electron chi connectivity index (χ4n) is 1.81. The minimum atomic E-state index is -0.468. The first-order valence-corrected chi connectivity index (χ1v) is 5.65. The van der Waals surface area contributed by atoms with E-state index in [2.05, 4.69) is 5.10 Å². The summed E-state index contributed by atoms with van der Waals surface area (Å²) < 4.78 is 6.62. The summed E-state index contributed by atoms with van der Waals surface area (Å²) in [5.41, 5.74) is 1.49. The Hall–Kier alpha value is -1.46. The monoisotopic (exact) mass is 233 g/mol. The van der Waals surface area contributed by atoms with E-state index in [9.17, 15) is 4.79 Å². The van der Waals surface area contributed by atoms with Gasteiger partial charge in [-0.15, -0.1) is 0 Å². The van der Waals surface area contributed by atoms with Gasteiger partial charge in [0.05, 0.1) is 12.2 Å². The van der Waals surface area contributed by atoms with Crippen molar-refractivity contribution in [3.8, 4) is 0 Å². The SMILES string of the molecule is [B]n1cc2c(n1)CN(C(=O)OC(C)(C)C)CC2. The highest BCUT2D eigenvalue weighted by molar-refractivity contribution is 6.05. The summed E-state index contributed by atoms with van der Waals surface area (Å²) in [6.07, 6.45) is 2.27. The molecule has 0 bridgehead atoms. The van der Waals surface area contributed by atoms with Crippen LogP contribution in [0.3, 0.4) is 0 Å². The third-order valence-electron chi connectivity index (χ3n) is 2.54. The molecule has 0 spiro atoms. The van der Waals surface area contributed by atoms with Crippen molar-refractivity contribution in [2.24, 2.45) is 0 Å². The van der Waals surface area contributed by atoms with Crippen LogP contribution in [0.15, 0.2) is 6.20 Å². The van der Waals surface area contributed by atoms with Gasteiger partial charge in [0.2, 0.25) is 0 Å². The zero-order valence-corrected chi connectivity index (χ0v) is 10.4. The van der Waals surface area contributed by atoms with Crippen molar-refractivity contribution in [1.82, 2.24) is 14.6 Å². The average molecular weight is 233 g/mol. The van der Waals surface area contributed by atoms with Crippen molar-refractivity contribution in [1.29, 1.82) is 0 Å². The predicted octanol–water partition coefficient (Wildman–Crippen LogP) is 1.11. The standard InChI is InChI=1S/C11H16BN3O2/c1-11(2,3)17-10(16)14-5-4-8-6-15(12)13-9(8)7-14/h6H,4-5,7H2,1-3H3. The van der Waals surface area contributed by atoms with E-state index < -0.39 is 5.60 Å². The van der Waals surface area contributed by atoms with Crippen LogP contribution in [-0.2, 0) is 17.7 Å². The van der Waals surface area contributed by atoms with Crippen LogP contribution < -0.4 is 0 Å². The summed E-state index contributed by atoms with van der Waals surface area (Å²) in [6, 6.07) is 0. The Morgan fingerprint density at radius 1 is 1.53 bits per heavy atom. The number of rotatable bonds is 0. The zero-order valence-electron chi connectivity index (χ0n) is 10.4. The first kappa shape index (κ1) is 12.0. The Morgan fingerprint density at radius 3 is 2.88 bits per heavy atom. The molecule has 0 aromatic carbocycles. The van der Waals surface area contributed by atoms with E-state index >= 15 is 0 Å². The number of aromatic nitrogens is 2. The van der Waals surface area contributed by atoms with Crippen LogP contribution in [0.5, 0.6) is 0 Å². The van der Waals surface area contributed by atoms with Crippen LogP contribution in [0.25, 0.3) is 0 Å². The number of ether oxygens (including phenoxy) is 1. The van der Waals surface area contributed by atoms with Crippen molar-refractivity contribution in [3.63, 3.8) is 0 Å². The Kier molecular flexibility index (Phi) is 2.89. The fourth-order valence-corrected chi connectivity index (χ4v) is 1.81. The highest BCUT2D eigenvalue weighted by atomic mass is 16.6. The molecule has 0 N–H and O–H groups in total. The van der Waals surface area contributed by atoms with Crippen molar-refractivity contribution in [2.75, 3.05) is 6.54 Å². The van der Waals surface area contributed by atoms with Gasteiger partial charge in [-0.1, -0.05) is 0 Å². The molecule has 0 saturated heterocycles. The molecule has 17 heavy (non-hydrogen) atoms. The second-order valence-corrected chi connectivity index (χ2v) is 5.23. The normalized spacial score (nSPS) is 15.6. The smallest absolute Gasteiger partial charge is 0.410 e. The minimum Gasteiger partial charge on any atom is -0.444 e. The van der Waals surface area contributed by atoms with Crippen molar-refractivity contribution >= 4 is 14.1 Å². The van der Waals surface area contributed by atoms with Gasteiger partial charge in [-0.2, -0.15) is 5.10 Å². The maximum atomic E-state index is 11.9. The van der Waals surface area contributed by atoms with E-state index in [1.165, 1.54) is 4.59 Å². The van der Waals surface area contributed by atoms with Gasteiger partial charge in [-0.25, -0.2) is 4.79 Å². The third kappa shape index (κ3) is 2.81. The summed E-state index contributed by atoms with van der Waals surface area (Å²) in [4.78, 5) is 13.5. The second kappa shape index (κ2) is 4.09. The molecular formula is C11H16BN3O2. The number of hydrogen-bond donors (Lipinski definition) is 0. The number of fused-ring (bicyclic) bond motifs is 1. The first-order chi connectivity index (χ1) is 7.85. The van der Waals surface area contributed by atoms with Gasteiger partial charge in [0.15, 0.2) is 0 Å². The van der Waals surface area contributed by atoms with Gasteiger partial charge in [0, 0.05) is 12.7 Å². The van der Waals surface area contributed by atoms with Crippen LogP contribution in [0.1, 0.15) is 32.0 Å². The highest BCUT2D eigenvalue weighted by Crippen LogP contribution is 2.19. The highest BCUT2D eigenvalue weighted by Gasteiger charge is 2.26. The molecule has 0 unspecified atom stereocenters. The number of hydrogen-bond acceptors (Lipinski definition) is 3. The van der Waals surface area contributed by atoms with Crippen molar-refractivity contribution in [2.45, 2.75) is 39.3 Å². The van der Waals surface area contributed by atoms with E-state index in [4.69, 9.17) is 12.7 Å². The lowest BCUT2D eigenvalue weighted by Gasteiger charge is -2.29. The molecule has 0 saturated carbocycles. The molecule has 5 nitrogen and oxygen atoms in total. The van der Waals surface area contributed by atoms with Crippen molar-refractivity contribution in [3.05, 3.63) is 17.5 Å². The molecule has 0 atom stereocenters. The van der Waals surface area contributed by atoms with E-state index in [0.717, 1.165) is 17.7 Å². The summed E-state index contributed by atoms with van der Waals surface area (Å²) in [5, 5.41) is 4.13. The summed E-state index contributed by atoms with van der Waals surface area (Å²) in [5.74, 6) is 0. The Labute approximate surface area is 102 Å².